The van der Waals surface area contributed by atoms with Crippen molar-refractivity contribution in [3.8, 4) is 0 Å². The van der Waals surface area contributed by atoms with Gasteiger partial charge in [0.05, 0.1) is 0 Å². The van der Waals surface area contributed by atoms with Crippen LogP contribution in [0, 0.1) is 35.5 Å². The molecule has 3 aliphatic rings. The minimum absolute atomic E-state index is 0.960. The second kappa shape index (κ2) is 3.67. The highest BCUT2D eigenvalue weighted by molar-refractivity contribution is 7.80. The van der Waals surface area contributed by atoms with Gasteiger partial charge in [-0.05, 0) is 73.1 Å². The molecule has 3 rings (SSSR count). The van der Waals surface area contributed by atoms with Crippen LogP contribution in [0.2, 0.25) is 0 Å². The highest BCUT2D eigenvalue weighted by Gasteiger charge is 2.54. The van der Waals surface area contributed by atoms with Crippen molar-refractivity contribution in [2.45, 2.75) is 25.7 Å². The van der Waals surface area contributed by atoms with E-state index in [1.165, 1.54) is 19.0 Å². The van der Waals surface area contributed by atoms with E-state index in [1.54, 1.807) is 12.8 Å². The lowest BCUT2D eigenvalue weighted by Crippen LogP contribution is -2.25. The first-order valence-corrected chi connectivity index (χ1v) is 7.59. The van der Waals surface area contributed by atoms with Crippen molar-refractivity contribution in [1.82, 2.24) is 0 Å². The van der Waals surface area contributed by atoms with Crippen LogP contribution in [0.15, 0.2) is 0 Å². The highest BCUT2D eigenvalue weighted by atomic mass is 32.1. The Morgan fingerprint density at radius 3 is 2.50 bits per heavy atom. The molecule has 0 nitrogen and oxygen atoms in total. The first-order valence-electron chi connectivity index (χ1n) is 6.14. The van der Waals surface area contributed by atoms with E-state index in [2.05, 4.69) is 21.9 Å². The van der Waals surface area contributed by atoms with Crippen molar-refractivity contribution >= 4 is 21.9 Å². The fourth-order valence-electron chi connectivity index (χ4n) is 4.75. The summed E-state index contributed by atoms with van der Waals surface area (Å²) in [7, 11) is 2.97. The van der Waals surface area contributed by atoms with Crippen LogP contribution in [-0.4, -0.2) is 11.9 Å². The van der Waals surface area contributed by atoms with Gasteiger partial charge >= 0.3 is 0 Å². The Hall–Kier alpha value is 0.780. The van der Waals surface area contributed by atoms with Crippen LogP contribution in [0.3, 0.4) is 0 Å². The summed E-state index contributed by atoms with van der Waals surface area (Å²) in [6, 6.07) is 0. The molecule has 3 fully saturated rings. The number of hydrogen-bond acceptors (Lipinski definition) is 1. The molecule has 3 saturated carbocycles. The normalized spacial score (nSPS) is 55.3. The summed E-state index contributed by atoms with van der Waals surface area (Å²) in [5.41, 5.74) is 0. The molecule has 0 aromatic heterocycles. The summed E-state index contributed by atoms with van der Waals surface area (Å²) in [4.78, 5) is 0. The van der Waals surface area contributed by atoms with Gasteiger partial charge < -0.3 is 0 Å². The molecular weight excluding hydrogens is 207 g/mol. The maximum absolute atomic E-state index is 4.48. The number of hydrogen-bond donors (Lipinski definition) is 1. The Morgan fingerprint density at radius 2 is 1.79 bits per heavy atom. The zero-order valence-corrected chi connectivity index (χ0v) is 10.8. The number of thiol groups is 1. The Morgan fingerprint density at radius 1 is 1.00 bits per heavy atom. The van der Waals surface area contributed by atoms with Crippen LogP contribution in [0.25, 0.3) is 0 Å². The first kappa shape index (κ1) is 9.97. The largest absolute Gasteiger partial charge is 0.179 e. The van der Waals surface area contributed by atoms with Crippen molar-refractivity contribution < 1.29 is 0 Å². The van der Waals surface area contributed by atoms with Crippen molar-refractivity contribution in [3.63, 3.8) is 0 Å². The predicted molar refractivity (Wildman–Crippen MR) is 67.8 cm³/mol. The summed E-state index contributed by atoms with van der Waals surface area (Å²) in [6.45, 7) is 0. The Labute approximate surface area is 95.2 Å². The second-order valence-corrected chi connectivity index (χ2v) is 6.58. The SMILES string of the molecule is PCC1CC2CC1C1CC(CS)CC21. The van der Waals surface area contributed by atoms with Gasteiger partial charge in [-0.2, -0.15) is 12.6 Å². The average Bonchev–Trinajstić information content (AvgIpc) is 2.87. The topological polar surface area (TPSA) is 0 Å². The lowest BCUT2D eigenvalue weighted by Gasteiger charge is -2.30. The Balaban J connectivity index is 1.75. The zero-order chi connectivity index (χ0) is 9.71. The van der Waals surface area contributed by atoms with Crippen molar-refractivity contribution in [2.24, 2.45) is 35.5 Å². The van der Waals surface area contributed by atoms with Crippen molar-refractivity contribution in [3.05, 3.63) is 0 Å². The summed E-state index contributed by atoms with van der Waals surface area (Å²) in [5, 5.41) is 0. The van der Waals surface area contributed by atoms with E-state index < -0.39 is 0 Å². The molecule has 0 heterocycles. The monoisotopic (exact) mass is 228 g/mol. The van der Waals surface area contributed by atoms with Gasteiger partial charge in [0, 0.05) is 0 Å². The molecule has 2 heteroatoms. The Bertz CT molecular complexity index is 228. The van der Waals surface area contributed by atoms with Crippen molar-refractivity contribution in [2.75, 3.05) is 11.9 Å². The lowest BCUT2D eigenvalue weighted by atomic mass is 9.76. The average molecular weight is 228 g/mol. The first-order chi connectivity index (χ1) is 6.83. The molecule has 0 N–H and O–H groups in total. The van der Waals surface area contributed by atoms with Crippen LogP contribution in [0.1, 0.15) is 25.7 Å². The fourth-order valence-corrected chi connectivity index (χ4v) is 5.59. The number of fused-ring (bicyclic) bond motifs is 5. The van der Waals surface area contributed by atoms with E-state index in [-0.39, 0.29) is 0 Å². The summed E-state index contributed by atoms with van der Waals surface area (Å²) < 4.78 is 0. The molecule has 14 heavy (non-hydrogen) atoms. The van der Waals surface area contributed by atoms with Crippen LogP contribution < -0.4 is 0 Å². The Kier molecular flexibility index (Phi) is 2.61. The molecule has 0 aliphatic heterocycles. The molecule has 7 atom stereocenters. The van der Waals surface area contributed by atoms with Crippen LogP contribution in [-0.2, 0) is 0 Å². The maximum Gasteiger partial charge on any atom is -0.00693 e. The van der Waals surface area contributed by atoms with E-state index in [0.29, 0.717) is 0 Å². The van der Waals surface area contributed by atoms with Gasteiger partial charge in [-0.1, -0.05) is 0 Å². The molecule has 0 aromatic carbocycles. The highest BCUT2D eigenvalue weighted by Crippen LogP contribution is 2.62. The molecule has 0 aromatic rings. The standard InChI is InChI=1S/C12H21PS/c13-5-9-3-8-4-11(9)12-2-7(6-14)1-10(8)12/h7-12,14H,1-6,13H2. The third-order valence-electron chi connectivity index (χ3n) is 5.26. The maximum atomic E-state index is 4.48. The summed E-state index contributed by atoms with van der Waals surface area (Å²) >= 11 is 4.48. The van der Waals surface area contributed by atoms with Crippen LogP contribution >= 0.6 is 21.9 Å². The molecule has 0 amide bonds. The molecule has 0 spiro atoms. The molecule has 0 radical (unpaired) electrons. The smallest absolute Gasteiger partial charge is 0.00693 e. The lowest BCUT2D eigenvalue weighted by molar-refractivity contribution is 0.204. The van der Waals surface area contributed by atoms with Crippen molar-refractivity contribution in [1.29, 1.82) is 0 Å². The van der Waals surface area contributed by atoms with Gasteiger partial charge in [0.25, 0.3) is 0 Å². The molecule has 2 bridgehead atoms. The van der Waals surface area contributed by atoms with Gasteiger partial charge in [0.2, 0.25) is 0 Å². The molecule has 0 saturated heterocycles. The van der Waals surface area contributed by atoms with Gasteiger partial charge in [0.1, 0.15) is 0 Å². The summed E-state index contributed by atoms with van der Waals surface area (Å²) in [5.74, 6) is 7.60. The minimum atomic E-state index is 0.960. The van der Waals surface area contributed by atoms with Crippen LogP contribution in [0.4, 0.5) is 0 Å². The van der Waals surface area contributed by atoms with E-state index in [1.807, 2.05) is 0 Å². The molecule has 3 aliphatic carbocycles. The van der Waals surface area contributed by atoms with Crippen LogP contribution in [0.5, 0.6) is 0 Å². The predicted octanol–water partition coefficient (Wildman–Crippen LogP) is 3.09. The number of rotatable bonds is 2. The quantitative estimate of drug-likeness (QED) is 0.545. The van der Waals surface area contributed by atoms with Gasteiger partial charge in [-0.15, -0.1) is 9.24 Å². The zero-order valence-electron chi connectivity index (χ0n) is 8.73. The van der Waals surface area contributed by atoms with E-state index in [4.69, 9.17) is 0 Å². The summed E-state index contributed by atoms with van der Waals surface area (Å²) in [6.07, 6.45) is 7.51. The second-order valence-electron chi connectivity index (χ2n) is 5.74. The fraction of sp³-hybridized carbons (Fsp3) is 1.00. The van der Waals surface area contributed by atoms with E-state index >= 15 is 0 Å². The molecule has 80 valence electrons. The van der Waals surface area contributed by atoms with Gasteiger partial charge in [-0.3, -0.25) is 0 Å². The molecule has 7 unspecified atom stereocenters. The van der Waals surface area contributed by atoms with E-state index in [0.717, 1.165) is 41.3 Å². The molecular formula is C12H21PS. The third kappa shape index (κ3) is 1.31. The van der Waals surface area contributed by atoms with Gasteiger partial charge in [-0.25, -0.2) is 0 Å². The van der Waals surface area contributed by atoms with Gasteiger partial charge in [0.15, 0.2) is 0 Å². The van der Waals surface area contributed by atoms with E-state index in [9.17, 15) is 0 Å². The third-order valence-corrected chi connectivity index (χ3v) is 6.39. The minimum Gasteiger partial charge on any atom is -0.179 e.